The Bertz CT molecular complexity index is 330. The lowest BCUT2D eigenvalue weighted by molar-refractivity contribution is 0.517. The van der Waals surface area contributed by atoms with Gasteiger partial charge in [-0.1, -0.05) is 56.3 Å². The van der Waals surface area contributed by atoms with Crippen LogP contribution in [0.5, 0.6) is 0 Å². The van der Waals surface area contributed by atoms with E-state index in [4.69, 9.17) is 11.8 Å². The summed E-state index contributed by atoms with van der Waals surface area (Å²) in [7, 11) is 0. The molecule has 0 fully saturated rings. The molecule has 1 unspecified atom stereocenters. The van der Waals surface area contributed by atoms with E-state index >= 15 is 0 Å². The summed E-state index contributed by atoms with van der Waals surface area (Å²) < 4.78 is 1.68. The van der Waals surface area contributed by atoms with Crippen molar-refractivity contribution in [2.45, 2.75) is 19.9 Å². The minimum Gasteiger partial charge on any atom is -0.281 e. The average molecular weight is 222 g/mol. The molecule has 1 heterocycles. The van der Waals surface area contributed by atoms with Crippen molar-refractivity contribution in [2.24, 2.45) is 0 Å². The number of nitrogens with zero attached hydrogens (tertiary/aromatic N) is 1. The van der Waals surface area contributed by atoms with Crippen LogP contribution in [0.1, 0.15) is 25.5 Å². The molecule has 0 radical (unpaired) electrons. The first-order chi connectivity index (χ1) is 7.38. The summed E-state index contributed by atoms with van der Waals surface area (Å²) in [6.45, 7) is 4.00. The molecule has 0 spiro atoms. The van der Waals surface area contributed by atoms with E-state index in [1.807, 2.05) is 50.4 Å². The molecule has 1 aliphatic rings. The summed E-state index contributed by atoms with van der Waals surface area (Å²) in [5, 5.41) is 0. The third-order valence-electron chi connectivity index (χ3n) is 2.04. The van der Waals surface area contributed by atoms with Crippen LogP contribution < -0.4 is 0 Å². The van der Waals surface area contributed by atoms with Gasteiger partial charge in [-0.2, -0.15) is 0 Å². The van der Waals surface area contributed by atoms with Gasteiger partial charge in [0.25, 0.3) is 0 Å². The van der Waals surface area contributed by atoms with Gasteiger partial charge < -0.3 is 0 Å². The molecular weight excluding hydrogens is 206 g/mol. The van der Waals surface area contributed by atoms with Crippen molar-refractivity contribution >= 4 is 11.8 Å². The fourth-order valence-electron chi connectivity index (χ4n) is 1.38. The van der Waals surface area contributed by atoms with Gasteiger partial charge in [0.1, 0.15) is 0 Å². The first-order valence-corrected chi connectivity index (χ1v) is 5.56. The summed E-state index contributed by atoms with van der Waals surface area (Å²) in [5.41, 5.74) is 1.21. The normalized spacial score (nSPS) is 18.3. The van der Waals surface area contributed by atoms with E-state index in [1.165, 1.54) is 5.56 Å². The molecule has 15 heavy (non-hydrogen) atoms. The smallest absolute Gasteiger partial charge is 0.0886 e. The first-order valence-electron chi connectivity index (χ1n) is 5.22. The molecule has 1 nitrogen and oxygen atoms in total. The maximum absolute atomic E-state index is 6.01. The molecule has 1 aliphatic heterocycles. The predicted octanol–water partition coefficient (Wildman–Crippen LogP) is 4.29. The fourth-order valence-corrected chi connectivity index (χ4v) is 1.62. The van der Waals surface area contributed by atoms with Crippen molar-refractivity contribution in [3.8, 4) is 0 Å². The Morgan fingerprint density at radius 2 is 1.73 bits per heavy atom. The van der Waals surface area contributed by atoms with Gasteiger partial charge in [-0.25, -0.2) is 0 Å². The van der Waals surface area contributed by atoms with Crippen LogP contribution in [0.4, 0.5) is 0 Å². The highest BCUT2D eigenvalue weighted by molar-refractivity contribution is 6.14. The predicted molar refractivity (Wildman–Crippen MR) is 66.5 cm³/mol. The Morgan fingerprint density at radius 1 is 1.07 bits per heavy atom. The summed E-state index contributed by atoms with van der Waals surface area (Å²) in [6.07, 6.45) is 7.87. The Morgan fingerprint density at radius 3 is 2.33 bits per heavy atom. The highest BCUT2D eigenvalue weighted by Crippen LogP contribution is 2.26. The van der Waals surface area contributed by atoms with E-state index in [0.29, 0.717) is 0 Å². The van der Waals surface area contributed by atoms with E-state index in [0.717, 1.165) is 0 Å². The summed E-state index contributed by atoms with van der Waals surface area (Å²) in [6, 6.07) is 10.4. The minimum absolute atomic E-state index is 0.160. The molecule has 1 aromatic rings. The van der Waals surface area contributed by atoms with Gasteiger partial charge in [0, 0.05) is 18.0 Å². The second-order valence-electron chi connectivity index (χ2n) is 2.93. The number of hydrogen-bond acceptors (Lipinski definition) is 1. The maximum atomic E-state index is 6.01. The molecule has 2 heteroatoms. The molecule has 0 saturated heterocycles. The second-order valence-corrected chi connectivity index (χ2v) is 3.32. The molecular formula is C13H16ClN. The van der Waals surface area contributed by atoms with E-state index < -0.39 is 0 Å². The van der Waals surface area contributed by atoms with Gasteiger partial charge in [0.2, 0.25) is 0 Å². The lowest BCUT2D eigenvalue weighted by atomic mass is 10.1. The molecule has 0 aromatic heterocycles. The molecule has 1 atom stereocenters. The lowest BCUT2D eigenvalue weighted by Crippen LogP contribution is -2.13. The lowest BCUT2D eigenvalue weighted by Gasteiger charge is -2.23. The SMILES string of the molecule is CC.ClN1C=CC=CC1c1ccccc1. The molecule has 80 valence electrons. The van der Waals surface area contributed by atoms with Gasteiger partial charge >= 0.3 is 0 Å². The van der Waals surface area contributed by atoms with Crippen molar-refractivity contribution in [3.63, 3.8) is 0 Å². The Kier molecular flexibility index (Phi) is 4.99. The maximum Gasteiger partial charge on any atom is 0.0886 e. The van der Waals surface area contributed by atoms with Crippen molar-refractivity contribution in [1.29, 1.82) is 0 Å². The molecule has 2 rings (SSSR count). The highest BCUT2D eigenvalue weighted by Gasteiger charge is 2.13. The number of benzene rings is 1. The van der Waals surface area contributed by atoms with E-state index in [1.54, 1.807) is 4.42 Å². The Labute approximate surface area is 96.8 Å². The number of allylic oxidation sites excluding steroid dienone is 2. The Hall–Kier alpha value is -1.21. The van der Waals surface area contributed by atoms with Gasteiger partial charge in [0.15, 0.2) is 0 Å². The highest BCUT2D eigenvalue weighted by atomic mass is 35.5. The molecule has 1 aromatic carbocycles. The van der Waals surface area contributed by atoms with Crippen LogP contribution in [0.15, 0.2) is 54.8 Å². The number of hydrogen-bond donors (Lipinski definition) is 0. The largest absolute Gasteiger partial charge is 0.281 e. The van der Waals surface area contributed by atoms with Crippen molar-refractivity contribution in [1.82, 2.24) is 4.42 Å². The molecule has 0 N–H and O–H groups in total. The minimum atomic E-state index is 0.160. The van der Waals surface area contributed by atoms with Crippen molar-refractivity contribution in [2.75, 3.05) is 0 Å². The van der Waals surface area contributed by atoms with Crippen LogP contribution in [0.3, 0.4) is 0 Å². The van der Waals surface area contributed by atoms with Gasteiger partial charge in [0.05, 0.1) is 6.04 Å². The monoisotopic (exact) mass is 221 g/mol. The van der Waals surface area contributed by atoms with Crippen LogP contribution in [0, 0.1) is 0 Å². The van der Waals surface area contributed by atoms with Crippen LogP contribution in [0.2, 0.25) is 0 Å². The fraction of sp³-hybridized carbons (Fsp3) is 0.231. The first kappa shape index (κ1) is 11.9. The summed E-state index contributed by atoms with van der Waals surface area (Å²) in [4.78, 5) is 0. The van der Waals surface area contributed by atoms with Crippen LogP contribution in [0.25, 0.3) is 0 Å². The quantitative estimate of drug-likeness (QED) is 0.640. The van der Waals surface area contributed by atoms with Crippen LogP contribution in [-0.2, 0) is 0 Å². The zero-order chi connectivity index (χ0) is 11.1. The molecule has 0 bridgehead atoms. The standard InChI is InChI=1S/C11H10ClN.C2H6/c12-13-9-5-4-8-11(13)10-6-2-1-3-7-10;1-2/h1-9,11H;1-2H3. The van der Waals surface area contributed by atoms with Crippen molar-refractivity contribution < 1.29 is 0 Å². The third-order valence-corrected chi connectivity index (χ3v) is 2.36. The zero-order valence-corrected chi connectivity index (χ0v) is 9.85. The Balaban J connectivity index is 0.000000531. The van der Waals surface area contributed by atoms with Crippen molar-refractivity contribution in [3.05, 3.63) is 60.3 Å². The van der Waals surface area contributed by atoms with E-state index in [-0.39, 0.29) is 6.04 Å². The number of halogens is 1. The van der Waals surface area contributed by atoms with Crippen LogP contribution >= 0.6 is 11.8 Å². The summed E-state index contributed by atoms with van der Waals surface area (Å²) in [5.74, 6) is 0. The second kappa shape index (κ2) is 6.31. The van der Waals surface area contributed by atoms with E-state index in [2.05, 4.69) is 18.2 Å². The molecule has 0 amide bonds. The van der Waals surface area contributed by atoms with Gasteiger partial charge in [-0.15, -0.1) is 0 Å². The van der Waals surface area contributed by atoms with Gasteiger partial charge in [-0.3, -0.25) is 4.42 Å². The number of rotatable bonds is 1. The summed E-state index contributed by atoms with van der Waals surface area (Å²) >= 11 is 6.01. The molecule has 0 saturated carbocycles. The average Bonchev–Trinajstić information content (AvgIpc) is 2.33. The zero-order valence-electron chi connectivity index (χ0n) is 9.10. The third kappa shape index (κ3) is 3.14. The van der Waals surface area contributed by atoms with E-state index in [9.17, 15) is 0 Å². The van der Waals surface area contributed by atoms with Gasteiger partial charge in [-0.05, 0) is 11.6 Å². The van der Waals surface area contributed by atoms with Crippen LogP contribution in [-0.4, -0.2) is 4.42 Å². The topological polar surface area (TPSA) is 3.24 Å². The molecule has 0 aliphatic carbocycles.